The third-order valence-electron chi connectivity index (χ3n) is 3.25. The van der Waals surface area contributed by atoms with Crippen molar-refractivity contribution >= 4 is 28.2 Å². The number of rotatable bonds is 3. The van der Waals surface area contributed by atoms with Gasteiger partial charge >= 0.3 is 0 Å². The molecule has 0 aliphatic carbocycles. The van der Waals surface area contributed by atoms with Crippen LogP contribution >= 0.6 is 0 Å². The highest BCUT2D eigenvalue weighted by Crippen LogP contribution is 2.19. The second-order valence-electron chi connectivity index (χ2n) is 4.67. The fourth-order valence-electron chi connectivity index (χ4n) is 2.16. The first kappa shape index (κ1) is 13.1. The van der Waals surface area contributed by atoms with E-state index in [4.69, 9.17) is 0 Å². The van der Waals surface area contributed by atoms with E-state index in [1.54, 1.807) is 19.2 Å². The quantitative estimate of drug-likeness (QED) is 0.770. The van der Waals surface area contributed by atoms with E-state index in [-0.39, 0.29) is 5.91 Å². The molecule has 3 rings (SSSR count). The topological polar surface area (TPSA) is 54.0 Å². The lowest BCUT2D eigenvalue weighted by Gasteiger charge is -2.07. The fourth-order valence-corrected chi connectivity index (χ4v) is 2.16. The molecule has 1 heterocycles. The summed E-state index contributed by atoms with van der Waals surface area (Å²) in [6.45, 7) is 0. The Kier molecular flexibility index (Phi) is 3.51. The summed E-state index contributed by atoms with van der Waals surface area (Å²) in [7, 11) is 1.77. The van der Waals surface area contributed by atoms with Crippen LogP contribution in [0, 0.1) is 0 Å². The molecular formula is C17H15N3O. The number of pyridine rings is 1. The molecule has 0 radical (unpaired) electrons. The van der Waals surface area contributed by atoms with Gasteiger partial charge in [-0.1, -0.05) is 36.4 Å². The smallest absolute Gasteiger partial charge is 0.274 e. The number of carbonyl (C=O) groups is 1. The number of hydrogen-bond donors (Lipinski definition) is 2. The summed E-state index contributed by atoms with van der Waals surface area (Å²) >= 11 is 0. The number of amides is 1. The van der Waals surface area contributed by atoms with Crippen molar-refractivity contribution in [1.29, 1.82) is 0 Å². The molecule has 21 heavy (non-hydrogen) atoms. The van der Waals surface area contributed by atoms with Crippen LogP contribution < -0.4 is 10.6 Å². The summed E-state index contributed by atoms with van der Waals surface area (Å²) in [4.78, 5) is 16.4. The second kappa shape index (κ2) is 5.63. The molecule has 0 atom stereocenters. The summed E-state index contributed by atoms with van der Waals surface area (Å²) in [5, 5.41) is 8.03. The molecule has 4 nitrogen and oxygen atoms in total. The molecule has 0 unspecified atom stereocenters. The molecule has 4 heteroatoms. The zero-order chi connectivity index (χ0) is 14.7. The van der Waals surface area contributed by atoms with Gasteiger partial charge in [-0.05, 0) is 35.0 Å². The third-order valence-corrected chi connectivity index (χ3v) is 3.25. The Labute approximate surface area is 122 Å². The lowest BCUT2D eigenvalue weighted by molar-refractivity contribution is 0.102. The number of fused-ring (bicyclic) bond motifs is 1. The first-order valence-electron chi connectivity index (χ1n) is 6.71. The van der Waals surface area contributed by atoms with Crippen molar-refractivity contribution in [3.8, 4) is 0 Å². The molecule has 0 aliphatic heterocycles. The van der Waals surface area contributed by atoms with Crippen LogP contribution in [0.2, 0.25) is 0 Å². The standard InChI is InChI=1S/C17H15N3O/c1-18-16-8-4-7-15(20-16)17(21)19-14-10-9-12-5-2-3-6-13(12)11-14/h2-11H,1H3,(H,18,20)(H,19,21). The highest BCUT2D eigenvalue weighted by atomic mass is 16.1. The van der Waals surface area contributed by atoms with E-state index in [1.807, 2.05) is 48.5 Å². The van der Waals surface area contributed by atoms with Crippen LogP contribution in [-0.4, -0.2) is 17.9 Å². The van der Waals surface area contributed by atoms with Crippen molar-refractivity contribution in [2.75, 3.05) is 17.7 Å². The SMILES string of the molecule is CNc1cccc(C(=O)Nc2ccc3ccccc3c2)n1. The lowest BCUT2D eigenvalue weighted by Crippen LogP contribution is -2.14. The number of nitrogens with one attached hydrogen (secondary N) is 2. The van der Waals surface area contributed by atoms with E-state index in [2.05, 4.69) is 15.6 Å². The number of carbonyl (C=O) groups excluding carboxylic acids is 1. The first-order valence-corrected chi connectivity index (χ1v) is 6.71. The molecular weight excluding hydrogens is 262 g/mol. The van der Waals surface area contributed by atoms with Crippen molar-refractivity contribution in [3.05, 3.63) is 66.4 Å². The largest absolute Gasteiger partial charge is 0.373 e. The van der Waals surface area contributed by atoms with Crippen LogP contribution in [0.25, 0.3) is 10.8 Å². The Bertz CT molecular complexity index is 799. The summed E-state index contributed by atoms with van der Waals surface area (Å²) in [5.74, 6) is 0.448. The van der Waals surface area contributed by atoms with Crippen LogP contribution in [-0.2, 0) is 0 Å². The van der Waals surface area contributed by atoms with Crippen LogP contribution in [0.1, 0.15) is 10.5 Å². The summed E-state index contributed by atoms with van der Waals surface area (Å²) in [6, 6.07) is 19.2. The average Bonchev–Trinajstić information content (AvgIpc) is 2.54. The van der Waals surface area contributed by atoms with Crippen molar-refractivity contribution in [2.45, 2.75) is 0 Å². The van der Waals surface area contributed by atoms with Gasteiger partial charge < -0.3 is 10.6 Å². The van der Waals surface area contributed by atoms with Crippen LogP contribution in [0.4, 0.5) is 11.5 Å². The summed E-state index contributed by atoms with van der Waals surface area (Å²) in [5.41, 5.74) is 1.14. The predicted molar refractivity (Wildman–Crippen MR) is 85.7 cm³/mol. The van der Waals surface area contributed by atoms with E-state index < -0.39 is 0 Å². The minimum absolute atomic E-state index is 0.220. The van der Waals surface area contributed by atoms with Crippen LogP contribution in [0.3, 0.4) is 0 Å². The minimum Gasteiger partial charge on any atom is -0.373 e. The highest BCUT2D eigenvalue weighted by molar-refractivity contribution is 6.04. The van der Waals surface area contributed by atoms with Gasteiger partial charge in [-0.3, -0.25) is 4.79 Å². The van der Waals surface area contributed by atoms with E-state index in [0.29, 0.717) is 11.5 Å². The average molecular weight is 277 g/mol. The molecule has 104 valence electrons. The first-order chi connectivity index (χ1) is 10.3. The lowest BCUT2D eigenvalue weighted by atomic mass is 10.1. The van der Waals surface area contributed by atoms with Gasteiger partial charge in [0, 0.05) is 12.7 Å². The van der Waals surface area contributed by atoms with E-state index >= 15 is 0 Å². The maximum absolute atomic E-state index is 12.2. The molecule has 0 saturated carbocycles. The molecule has 0 bridgehead atoms. The Morgan fingerprint density at radius 2 is 1.76 bits per heavy atom. The van der Waals surface area contributed by atoms with Crippen molar-refractivity contribution in [2.24, 2.45) is 0 Å². The maximum atomic E-state index is 12.2. The molecule has 2 N–H and O–H groups in total. The normalized spacial score (nSPS) is 10.3. The van der Waals surface area contributed by atoms with Crippen molar-refractivity contribution < 1.29 is 4.79 Å². The number of nitrogens with zero attached hydrogens (tertiary/aromatic N) is 1. The fraction of sp³-hybridized carbons (Fsp3) is 0.0588. The van der Waals surface area contributed by atoms with Gasteiger partial charge in [0.25, 0.3) is 5.91 Å². The number of aromatic nitrogens is 1. The van der Waals surface area contributed by atoms with Gasteiger partial charge in [0.15, 0.2) is 0 Å². The second-order valence-corrected chi connectivity index (χ2v) is 4.67. The Balaban J connectivity index is 1.85. The summed E-state index contributed by atoms with van der Waals surface area (Å²) < 4.78 is 0. The van der Waals surface area contributed by atoms with E-state index in [0.717, 1.165) is 16.5 Å². The van der Waals surface area contributed by atoms with Gasteiger partial charge in [0.2, 0.25) is 0 Å². The Morgan fingerprint density at radius 3 is 2.57 bits per heavy atom. The number of benzene rings is 2. The van der Waals surface area contributed by atoms with Crippen LogP contribution in [0.15, 0.2) is 60.7 Å². The monoisotopic (exact) mass is 277 g/mol. The molecule has 0 spiro atoms. The third kappa shape index (κ3) is 2.84. The number of hydrogen-bond acceptors (Lipinski definition) is 3. The molecule has 1 aromatic heterocycles. The summed E-state index contributed by atoms with van der Waals surface area (Å²) in [6.07, 6.45) is 0. The molecule has 2 aromatic carbocycles. The predicted octanol–water partition coefficient (Wildman–Crippen LogP) is 3.53. The number of anilines is 2. The Hall–Kier alpha value is -2.88. The van der Waals surface area contributed by atoms with Crippen molar-refractivity contribution in [1.82, 2.24) is 4.98 Å². The van der Waals surface area contributed by atoms with Crippen molar-refractivity contribution in [3.63, 3.8) is 0 Å². The molecule has 0 aliphatic rings. The van der Waals surface area contributed by atoms with E-state index in [9.17, 15) is 4.79 Å². The highest BCUT2D eigenvalue weighted by Gasteiger charge is 2.08. The van der Waals surface area contributed by atoms with Gasteiger partial charge in [-0.2, -0.15) is 0 Å². The molecule has 0 saturated heterocycles. The van der Waals surface area contributed by atoms with Crippen LogP contribution in [0.5, 0.6) is 0 Å². The van der Waals surface area contributed by atoms with Gasteiger partial charge in [-0.25, -0.2) is 4.98 Å². The van der Waals surface area contributed by atoms with Gasteiger partial charge in [0.05, 0.1) is 0 Å². The molecule has 3 aromatic rings. The van der Waals surface area contributed by atoms with Gasteiger partial charge in [0.1, 0.15) is 11.5 Å². The maximum Gasteiger partial charge on any atom is 0.274 e. The zero-order valence-corrected chi connectivity index (χ0v) is 11.6. The molecule has 0 fully saturated rings. The minimum atomic E-state index is -0.220. The molecule has 1 amide bonds. The van der Waals surface area contributed by atoms with Gasteiger partial charge in [-0.15, -0.1) is 0 Å². The Morgan fingerprint density at radius 1 is 0.952 bits per heavy atom. The van der Waals surface area contributed by atoms with E-state index in [1.165, 1.54) is 0 Å². The zero-order valence-electron chi connectivity index (χ0n) is 11.6.